The molecule has 0 aliphatic rings. The standard InChI is InChI=1S/C30H15N5O5/c36-26-16-6(1-31-26)11-17-8(3-32-27(17)37)13-19-10(5-34-29(19)39)15-20-9(4-35-30(20)40)14-18-7(2-33-28(18)38)12(16)22-21(11)23(13)25(15)24(14)22/h1-5,31-40H. The van der Waals surface area contributed by atoms with Gasteiger partial charge in [0.15, 0.2) is 29.4 Å². The Hall–Kier alpha value is -5.90. The molecule has 11 rings (SSSR count). The molecule has 0 unspecified atom stereocenters. The Bertz CT molecular complexity index is 2440. The zero-order valence-electron chi connectivity index (χ0n) is 20.1. The SMILES string of the molecule is Oc1[nH]cc2c1c1c3c[nH]c(O)c3c3c4c[nH]c(O)c4c4c5c[nH]c(O)c5c5c6c[nH]c(O)c6c2c2c1c3c4c52. The second kappa shape index (κ2) is 5.45. The van der Waals surface area contributed by atoms with Crippen LogP contribution >= 0.6 is 0 Å². The number of H-pyrrole nitrogens is 5. The van der Waals surface area contributed by atoms with Crippen LogP contribution in [0.2, 0.25) is 0 Å². The van der Waals surface area contributed by atoms with Gasteiger partial charge in [-0.15, -0.1) is 0 Å². The van der Waals surface area contributed by atoms with Crippen LogP contribution in [-0.2, 0) is 0 Å². The van der Waals surface area contributed by atoms with Crippen molar-refractivity contribution >= 4 is 108 Å². The zero-order chi connectivity index (χ0) is 26.5. The molecule has 0 spiro atoms. The molecule has 11 aromatic rings. The van der Waals surface area contributed by atoms with Crippen molar-refractivity contribution in [3.8, 4) is 29.4 Å². The fourth-order valence-electron chi connectivity index (χ4n) is 8.16. The first-order valence-corrected chi connectivity index (χ1v) is 12.8. The summed E-state index contributed by atoms with van der Waals surface area (Å²) in [5, 5.41) is 70.7. The maximum absolute atomic E-state index is 11.2. The minimum absolute atomic E-state index is 0.0138. The number of nitrogens with one attached hydrogen (secondary N) is 5. The Morgan fingerprint density at radius 1 is 0.250 bits per heavy atom. The van der Waals surface area contributed by atoms with E-state index in [0.29, 0.717) is 26.9 Å². The molecular weight excluding hydrogens is 510 g/mol. The molecule has 0 saturated carbocycles. The third-order valence-corrected chi connectivity index (χ3v) is 9.39. The number of benzene rings is 5. The summed E-state index contributed by atoms with van der Waals surface area (Å²) in [5.41, 5.74) is 0. The smallest absolute Gasteiger partial charge is 0.197 e. The first-order valence-electron chi connectivity index (χ1n) is 12.8. The highest BCUT2D eigenvalue weighted by Crippen LogP contribution is 2.61. The van der Waals surface area contributed by atoms with Gasteiger partial charge in [0.2, 0.25) is 0 Å². The minimum Gasteiger partial charge on any atom is -0.494 e. The number of aromatic hydroxyl groups is 5. The van der Waals surface area contributed by atoms with Gasteiger partial charge in [-0.05, 0) is 0 Å². The summed E-state index contributed by atoms with van der Waals surface area (Å²) < 4.78 is 0. The highest BCUT2D eigenvalue weighted by atomic mass is 16.3. The molecule has 0 radical (unpaired) electrons. The van der Waals surface area contributed by atoms with Crippen LogP contribution in [0.4, 0.5) is 0 Å². The molecule has 0 atom stereocenters. The number of fused-ring (bicyclic) bond motifs is 15. The second-order valence-corrected chi connectivity index (χ2v) is 10.9. The number of rotatable bonds is 0. The van der Waals surface area contributed by atoms with Crippen molar-refractivity contribution in [3.63, 3.8) is 0 Å². The van der Waals surface area contributed by atoms with E-state index in [9.17, 15) is 25.5 Å². The lowest BCUT2D eigenvalue weighted by Gasteiger charge is -2.12. The van der Waals surface area contributed by atoms with Gasteiger partial charge in [0.25, 0.3) is 0 Å². The molecule has 40 heavy (non-hydrogen) atoms. The largest absolute Gasteiger partial charge is 0.494 e. The molecule has 0 aliphatic carbocycles. The van der Waals surface area contributed by atoms with Crippen LogP contribution in [0.5, 0.6) is 29.4 Å². The quantitative estimate of drug-likeness (QED) is 0.0987. The molecule has 0 bridgehead atoms. The van der Waals surface area contributed by atoms with E-state index in [1.165, 1.54) is 0 Å². The Labute approximate surface area is 218 Å². The summed E-state index contributed by atoms with van der Waals surface area (Å²) in [5.74, 6) is -0.0691. The van der Waals surface area contributed by atoms with E-state index in [1.54, 1.807) is 31.0 Å². The molecule has 0 fully saturated rings. The summed E-state index contributed by atoms with van der Waals surface area (Å²) >= 11 is 0. The van der Waals surface area contributed by atoms with Gasteiger partial charge in [-0.25, -0.2) is 0 Å². The molecule has 0 amide bonds. The van der Waals surface area contributed by atoms with Crippen LogP contribution in [0, 0.1) is 0 Å². The Balaban J connectivity index is 1.75. The normalized spacial score (nSPS) is 13.5. The molecule has 0 saturated heterocycles. The van der Waals surface area contributed by atoms with Gasteiger partial charge in [0.1, 0.15) is 0 Å². The average molecular weight is 525 g/mol. The Morgan fingerprint density at radius 3 is 0.600 bits per heavy atom. The van der Waals surface area contributed by atoms with Gasteiger partial charge in [0, 0.05) is 112 Å². The zero-order valence-corrected chi connectivity index (χ0v) is 20.1. The van der Waals surface area contributed by atoms with Gasteiger partial charge in [-0.1, -0.05) is 0 Å². The Morgan fingerprint density at radius 2 is 0.425 bits per heavy atom. The van der Waals surface area contributed by atoms with Crippen molar-refractivity contribution in [2.75, 3.05) is 0 Å². The molecule has 10 nitrogen and oxygen atoms in total. The predicted octanol–water partition coefficient (Wildman–Crippen LogP) is 6.70. The second-order valence-electron chi connectivity index (χ2n) is 10.9. The van der Waals surface area contributed by atoms with Crippen LogP contribution in [-0.4, -0.2) is 50.5 Å². The lowest BCUT2D eigenvalue weighted by molar-refractivity contribution is 0.462. The first kappa shape index (κ1) is 19.2. The monoisotopic (exact) mass is 525 g/mol. The lowest BCUT2D eigenvalue weighted by Crippen LogP contribution is -1.84. The van der Waals surface area contributed by atoms with E-state index >= 15 is 0 Å². The number of aromatic amines is 5. The predicted molar refractivity (Wildman–Crippen MR) is 155 cm³/mol. The third-order valence-electron chi connectivity index (χ3n) is 9.39. The summed E-state index contributed by atoms with van der Waals surface area (Å²) in [6.45, 7) is 0. The van der Waals surface area contributed by atoms with Crippen LogP contribution in [0.25, 0.3) is 108 Å². The number of hydrogen-bond acceptors (Lipinski definition) is 5. The van der Waals surface area contributed by atoms with E-state index in [4.69, 9.17) is 0 Å². The van der Waals surface area contributed by atoms with Crippen molar-refractivity contribution in [1.29, 1.82) is 0 Å². The van der Waals surface area contributed by atoms with Gasteiger partial charge < -0.3 is 50.5 Å². The first-order chi connectivity index (χ1) is 19.5. The molecule has 10 heteroatoms. The van der Waals surface area contributed by atoms with E-state index < -0.39 is 0 Å². The fourth-order valence-corrected chi connectivity index (χ4v) is 8.16. The third kappa shape index (κ3) is 1.60. The summed E-state index contributed by atoms with van der Waals surface area (Å²) in [6.07, 6.45) is 8.70. The van der Waals surface area contributed by atoms with E-state index in [2.05, 4.69) is 24.9 Å². The van der Waals surface area contributed by atoms with Crippen molar-refractivity contribution in [2.45, 2.75) is 0 Å². The van der Waals surface area contributed by atoms with E-state index in [1.807, 2.05) is 0 Å². The van der Waals surface area contributed by atoms with Gasteiger partial charge in [-0.2, -0.15) is 0 Å². The van der Waals surface area contributed by atoms with Gasteiger partial charge >= 0.3 is 0 Å². The van der Waals surface area contributed by atoms with E-state index in [0.717, 1.165) is 80.8 Å². The maximum Gasteiger partial charge on any atom is 0.197 e. The van der Waals surface area contributed by atoms with Crippen LogP contribution in [0.3, 0.4) is 0 Å². The maximum atomic E-state index is 11.2. The summed E-state index contributed by atoms with van der Waals surface area (Å²) in [6, 6.07) is 0. The van der Waals surface area contributed by atoms with Crippen molar-refractivity contribution in [3.05, 3.63) is 31.0 Å². The molecule has 0 aliphatic heterocycles. The number of aromatic nitrogens is 5. The molecular formula is C30H15N5O5. The van der Waals surface area contributed by atoms with Crippen molar-refractivity contribution < 1.29 is 25.5 Å². The highest BCUT2D eigenvalue weighted by molar-refractivity contribution is 6.61. The van der Waals surface area contributed by atoms with Crippen LogP contribution < -0.4 is 0 Å². The topological polar surface area (TPSA) is 180 Å². The molecule has 190 valence electrons. The van der Waals surface area contributed by atoms with Crippen LogP contribution in [0.15, 0.2) is 31.0 Å². The van der Waals surface area contributed by atoms with Crippen LogP contribution in [0.1, 0.15) is 0 Å². The van der Waals surface area contributed by atoms with Gasteiger partial charge in [-0.3, -0.25) is 0 Å². The lowest BCUT2D eigenvalue weighted by atomic mass is 9.89. The molecule has 6 aromatic carbocycles. The highest BCUT2D eigenvalue weighted by Gasteiger charge is 2.34. The van der Waals surface area contributed by atoms with Crippen molar-refractivity contribution in [2.24, 2.45) is 0 Å². The van der Waals surface area contributed by atoms with Gasteiger partial charge in [0.05, 0.1) is 26.9 Å². The number of hydrogen-bond donors (Lipinski definition) is 10. The van der Waals surface area contributed by atoms with Crippen molar-refractivity contribution in [1.82, 2.24) is 24.9 Å². The fraction of sp³-hybridized carbons (Fsp3) is 0. The molecule has 5 aromatic heterocycles. The molecule has 10 N–H and O–H groups in total. The summed E-state index contributed by atoms with van der Waals surface area (Å²) in [4.78, 5) is 14.9. The molecule has 5 heterocycles. The van der Waals surface area contributed by atoms with E-state index in [-0.39, 0.29) is 29.4 Å². The minimum atomic E-state index is -0.0138. The Kier molecular flexibility index (Phi) is 2.62. The summed E-state index contributed by atoms with van der Waals surface area (Å²) in [7, 11) is 0. The average Bonchev–Trinajstić information content (AvgIpc) is 3.78.